The van der Waals surface area contributed by atoms with E-state index in [9.17, 15) is 4.79 Å². The van der Waals surface area contributed by atoms with Gasteiger partial charge in [-0.25, -0.2) is 0 Å². The van der Waals surface area contributed by atoms with Crippen molar-refractivity contribution in [3.8, 4) is 0 Å². The Morgan fingerprint density at radius 1 is 1.08 bits per heavy atom. The fourth-order valence-electron chi connectivity index (χ4n) is 3.82. The molecule has 0 spiro atoms. The van der Waals surface area contributed by atoms with Crippen LogP contribution in [0, 0.1) is 6.92 Å². The number of rotatable bonds is 4. The summed E-state index contributed by atoms with van der Waals surface area (Å²) in [7, 11) is 0. The Hall–Kier alpha value is -2.18. The lowest BCUT2D eigenvalue weighted by Crippen LogP contribution is -2.50. The van der Waals surface area contributed by atoms with Crippen LogP contribution in [0.2, 0.25) is 0 Å². The number of fused-ring (bicyclic) bond motifs is 1. The summed E-state index contributed by atoms with van der Waals surface area (Å²) in [4.78, 5) is 19.3. The SMILES string of the molecule is Cc1cc(CN2CCN(CC(=O)N3CCc4ccccc4C3)CC2)on1. The van der Waals surface area contributed by atoms with Crippen molar-refractivity contribution >= 4 is 5.91 Å². The zero-order valence-corrected chi connectivity index (χ0v) is 15.4. The van der Waals surface area contributed by atoms with Gasteiger partial charge in [0.25, 0.3) is 0 Å². The molecule has 138 valence electrons. The van der Waals surface area contributed by atoms with E-state index in [1.54, 1.807) is 0 Å². The second-order valence-electron chi connectivity index (χ2n) is 7.32. The number of carbonyl (C=O) groups is 1. The van der Waals surface area contributed by atoms with Crippen LogP contribution in [0.3, 0.4) is 0 Å². The van der Waals surface area contributed by atoms with E-state index in [1.165, 1.54) is 11.1 Å². The molecule has 4 rings (SSSR count). The standard InChI is InChI=1S/C20H26N4O2/c1-16-12-19(26-21-16)14-22-8-10-23(11-9-22)15-20(25)24-7-6-17-4-2-3-5-18(17)13-24/h2-5,12H,6-11,13-15H2,1H3. The Bertz CT molecular complexity index is 765. The van der Waals surface area contributed by atoms with Crippen LogP contribution in [0.4, 0.5) is 0 Å². The first kappa shape index (κ1) is 17.2. The second-order valence-corrected chi connectivity index (χ2v) is 7.32. The Morgan fingerprint density at radius 3 is 2.54 bits per heavy atom. The maximum atomic E-state index is 12.7. The number of aryl methyl sites for hydroxylation is 1. The van der Waals surface area contributed by atoms with Crippen LogP contribution in [-0.2, 0) is 24.3 Å². The maximum absolute atomic E-state index is 12.7. The van der Waals surface area contributed by atoms with Gasteiger partial charge in [-0.05, 0) is 24.5 Å². The number of amides is 1. The summed E-state index contributed by atoms with van der Waals surface area (Å²) < 4.78 is 5.30. The first-order valence-electron chi connectivity index (χ1n) is 9.39. The molecule has 1 amide bonds. The van der Waals surface area contributed by atoms with Gasteiger partial charge >= 0.3 is 0 Å². The summed E-state index contributed by atoms with van der Waals surface area (Å²) in [6.07, 6.45) is 0.965. The third-order valence-corrected chi connectivity index (χ3v) is 5.36. The normalized spacial score (nSPS) is 18.7. The Morgan fingerprint density at radius 2 is 1.81 bits per heavy atom. The number of hydrogen-bond acceptors (Lipinski definition) is 5. The van der Waals surface area contributed by atoms with E-state index in [2.05, 4.69) is 39.2 Å². The first-order valence-corrected chi connectivity index (χ1v) is 9.39. The molecule has 1 fully saturated rings. The molecular formula is C20H26N4O2. The predicted octanol–water partition coefficient (Wildman–Crippen LogP) is 1.69. The summed E-state index contributed by atoms with van der Waals surface area (Å²) in [5, 5.41) is 3.94. The Balaban J connectivity index is 1.25. The summed E-state index contributed by atoms with van der Waals surface area (Å²) >= 11 is 0. The van der Waals surface area contributed by atoms with Crippen LogP contribution in [0.15, 0.2) is 34.9 Å². The first-order chi connectivity index (χ1) is 12.7. The molecule has 0 saturated carbocycles. The van der Waals surface area contributed by atoms with Crippen molar-refractivity contribution in [3.63, 3.8) is 0 Å². The number of carbonyl (C=O) groups excluding carboxylic acids is 1. The average molecular weight is 354 g/mol. The van der Waals surface area contributed by atoms with Gasteiger partial charge in [0.2, 0.25) is 5.91 Å². The highest BCUT2D eigenvalue weighted by molar-refractivity contribution is 5.78. The molecule has 1 aromatic heterocycles. The Kier molecular flexibility index (Phi) is 5.04. The van der Waals surface area contributed by atoms with E-state index in [0.29, 0.717) is 6.54 Å². The summed E-state index contributed by atoms with van der Waals surface area (Å²) in [6, 6.07) is 10.4. The van der Waals surface area contributed by atoms with E-state index in [0.717, 1.165) is 63.7 Å². The lowest BCUT2D eigenvalue weighted by molar-refractivity contribution is -0.133. The predicted molar refractivity (Wildman–Crippen MR) is 98.5 cm³/mol. The third-order valence-electron chi connectivity index (χ3n) is 5.36. The van der Waals surface area contributed by atoms with Gasteiger partial charge in [-0.15, -0.1) is 0 Å². The van der Waals surface area contributed by atoms with Gasteiger partial charge in [0.15, 0.2) is 5.76 Å². The summed E-state index contributed by atoms with van der Waals surface area (Å²) in [5.74, 6) is 1.16. The molecule has 3 heterocycles. The molecule has 0 N–H and O–H groups in total. The van der Waals surface area contributed by atoms with Crippen LogP contribution in [0.5, 0.6) is 0 Å². The van der Waals surface area contributed by atoms with Gasteiger partial charge in [0, 0.05) is 45.3 Å². The van der Waals surface area contributed by atoms with E-state index < -0.39 is 0 Å². The summed E-state index contributed by atoms with van der Waals surface area (Å²) in [6.45, 7) is 8.59. The molecule has 0 bridgehead atoms. The molecule has 6 nitrogen and oxygen atoms in total. The molecule has 0 unspecified atom stereocenters. The van der Waals surface area contributed by atoms with E-state index in [4.69, 9.17) is 4.52 Å². The number of benzene rings is 1. The van der Waals surface area contributed by atoms with E-state index in [1.807, 2.05) is 17.9 Å². The molecule has 0 radical (unpaired) electrons. The van der Waals surface area contributed by atoms with Crippen molar-refractivity contribution in [1.82, 2.24) is 19.9 Å². The van der Waals surface area contributed by atoms with Crippen molar-refractivity contribution in [1.29, 1.82) is 0 Å². The van der Waals surface area contributed by atoms with Gasteiger partial charge in [0.05, 0.1) is 18.8 Å². The smallest absolute Gasteiger partial charge is 0.237 e. The molecule has 26 heavy (non-hydrogen) atoms. The minimum atomic E-state index is 0.249. The highest BCUT2D eigenvalue weighted by Crippen LogP contribution is 2.19. The zero-order valence-electron chi connectivity index (χ0n) is 15.4. The van der Waals surface area contributed by atoms with Crippen molar-refractivity contribution in [2.75, 3.05) is 39.3 Å². The molecule has 1 aromatic carbocycles. The average Bonchev–Trinajstić information content (AvgIpc) is 3.07. The quantitative estimate of drug-likeness (QED) is 0.836. The van der Waals surface area contributed by atoms with Crippen molar-refractivity contribution in [2.45, 2.75) is 26.4 Å². The lowest BCUT2D eigenvalue weighted by Gasteiger charge is -2.36. The van der Waals surface area contributed by atoms with Crippen molar-refractivity contribution in [3.05, 3.63) is 52.9 Å². The highest BCUT2D eigenvalue weighted by Gasteiger charge is 2.24. The lowest BCUT2D eigenvalue weighted by atomic mass is 10.00. The zero-order chi connectivity index (χ0) is 17.9. The largest absolute Gasteiger partial charge is 0.360 e. The van der Waals surface area contributed by atoms with Crippen LogP contribution < -0.4 is 0 Å². The molecule has 2 aliphatic heterocycles. The topological polar surface area (TPSA) is 52.8 Å². The minimum absolute atomic E-state index is 0.249. The van der Waals surface area contributed by atoms with Crippen LogP contribution >= 0.6 is 0 Å². The second kappa shape index (κ2) is 7.60. The number of hydrogen-bond donors (Lipinski definition) is 0. The van der Waals surface area contributed by atoms with Crippen LogP contribution in [-0.4, -0.2) is 65.0 Å². The van der Waals surface area contributed by atoms with Gasteiger partial charge in [-0.2, -0.15) is 0 Å². The molecule has 1 saturated heterocycles. The minimum Gasteiger partial charge on any atom is -0.360 e. The number of piperazine rings is 1. The third kappa shape index (κ3) is 3.97. The summed E-state index contributed by atoms with van der Waals surface area (Å²) in [5.41, 5.74) is 3.60. The molecular weight excluding hydrogens is 328 g/mol. The van der Waals surface area contributed by atoms with Gasteiger partial charge in [-0.3, -0.25) is 14.6 Å². The fourth-order valence-corrected chi connectivity index (χ4v) is 3.82. The number of nitrogens with zero attached hydrogens (tertiary/aromatic N) is 4. The van der Waals surface area contributed by atoms with E-state index >= 15 is 0 Å². The van der Waals surface area contributed by atoms with E-state index in [-0.39, 0.29) is 5.91 Å². The van der Waals surface area contributed by atoms with Crippen molar-refractivity contribution < 1.29 is 9.32 Å². The molecule has 0 atom stereocenters. The highest BCUT2D eigenvalue weighted by atomic mass is 16.5. The molecule has 2 aliphatic rings. The van der Waals surface area contributed by atoms with Gasteiger partial charge < -0.3 is 9.42 Å². The van der Waals surface area contributed by atoms with Crippen LogP contribution in [0.1, 0.15) is 22.6 Å². The molecule has 6 heteroatoms. The molecule has 0 aliphatic carbocycles. The number of aromatic nitrogens is 1. The van der Waals surface area contributed by atoms with Gasteiger partial charge in [-0.1, -0.05) is 29.4 Å². The maximum Gasteiger partial charge on any atom is 0.237 e. The van der Waals surface area contributed by atoms with Crippen molar-refractivity contribution in [2.24, 2.45) is 0 Å². The monoisotopic (exact) mass is 354 g/mol. The fraction of sp³-hybridized carbons (Fsp3) is 0.500. The Labute approximate surface area is 154 Å². The van der Waals surface area contributed by atoms with Gasteiger partial charge in [0.1, 0.15) is 0 Å². The molecule has 2 aromatic rings. The van der Waals surface area contributed by atoms with Crippen LogP contribution in [0.25, 0.3) is 0 Å².